The van der Waals surface area contributed by atoms with Gasteiger partial charge in [-0.25, -0.2) is 14.8 Å². The van der Waals surface area contributed by atoms with Gasteiger partial charge in [0.25, 0.3) is 0 Å². The summed E-state index contributed by atoms with van der Waals surface area (Å²) in [5, 5.41) is 0. The summed E-state index contributed by atoms with van der Waals surface area (Å²) in [6, 6.07) is 4.79. The second-order valence-electron chi connectivity index (χ2n) is 5.07. The van der Waals surface area contributed by atoms with Gasteiger partial charge in [0, 0.05) is 0 Å². The molecule has 0 atom stereocenters. The second-order valence-corrected chi connectivity index (χ2v) is 5.07. The fraction of sp³-hybridized carbons (Fsp3) is 0.214. The van der Waals surface area contributed by atoms with Crippen molar-refractivity contribution in [3.05, 3.63) is 51.7 Å². The molecule has 2 heterocycles. The number of alkyl halides is 3. The predicted octanol–water partition coefficient (Wildman–Crippen LogP) is 2.08. The van der Waals surface area contributed by atoms with E-state index >= 15 is 0 Å². The fourth-order valence-electron chi connectivity index (χ4n) is 2.34. The van der Waals surface area contributed by atoms with Crippen LogP contribution in [-0.2, 0) is 12.7 Å². The molecule has 3 aromatic rings. The minimum atomic E-state index is -4.44. The molecule has 0 bridgehead atoms. The van der Waals surface area contributed by atoms with E-state index in [1.165, 1.54) is 16.7 Å². The Balaban J connectivity index is 2.09. The minimum absolute atomic E-state index is 0.0569. The quantitative estimate of drug-likeness (QED) is 0.755. The number of hydrogen-bond acceptors (Lipinski definition) is 4. The Kier molecular flexibility index (Phi) is 3.35. The maximum atomic E-state index is 12.8. The minimum Gasteiger partial charge on any atom is -0.382 e. The van der Waals surface area contributed by atoms with Gasteiger partial charge >= 0.3 is 11.9 Å². The summed E-state index contributed by atoms with van der Waals surface area (Å²) in [6.45, 7) is 1.56. The van der Waals surface area contributed by atoms with E-state index in [9.17, 15) is 18.0 Å². The Morgan fingerprint density at radius 3 is 2.74 bits per heavy atom. The number of H-pyrrole nitrogens is 1. The molecule has 0 radical (unpaired) electrons. The highest BCUT2D eigenvalue weighted by atomic mass is 19.4. The lowest BCUT2D eigenvalue weighted by molar-refractivity contribution is -0.137. The van der Waals surface area contributed by atoms with E-state index in [1.54, 1.807) is 6.92 Å². The fourth-order valence-corrected chi connectivity index (χ4v) is 2.34. The number of anilines is 1. The molecule has 3 rings (SSSR count). The SMILES string of the molecule is Cc1nc(N)c2[nH]c(=O)n(Cc3cccc(C(F)(F)F)c3)c2n1. The molecule has 0 aliphatic carbocycles. The number of aryl methyl sites for hydroxylation is 1. The average Bonchev–Trinajstić information content (AvgIpc) is 2.76. The van der Waals surface area contributed by atoms with Crippen molar-refractivity contribution in [2.24, 2.45) is 0 Å². The molecule has 0 spiro atoms. The zero-order chi connectivity index (χ0) is 16.8. The van der Waals surface area contributed by atoms with Gasteiger partial charge in [-0.15, -0.1) is 0 Å². The molecule has 0 fully saturated rings. The van der Waals surface area contributed by atoms with Gasteiger partial charge in [0.1, 0.15) is 11.3 Å². The molecule has 0 saturated heterocycles. The first-order chi connectivity index (χ1) is 10.8. The number of aromatic nitrogens is 4. The van der Waals surface area contributed by atoms with Crippen LogP contribution in [0.5, 0.6) is 0 Å². The molecule has 0 saturated carbocycles. The van der Waals surface area contributed by atoms with Crippen molar-refractivity contribution < 1.29 is 13.2 Å². The van der Waals surface area contributed by atoms with Crippen molar-refractivity contribution in [2.75, 3.05) is 5.73 Å². The van der Waals surface area contributed by atoms with E-state index in [0.717, 1.165) is 12.1 Å². The molecule has 3 N–H and O–H groups in total. The predicted molar refractivity (Wildman–Crippen MR) is 77.8 cm³/mol. The Morgan fingerprint density at radius 1 is 1.30 bits per heavy atom. The Labute approximate surface area is 127 Å². The molecule has 2 aromatic heterocycles. The van der Waals surface area contributed by atoms with Crippen LogP contribution in [-0.4, -0.2) is 19.5 Å². The van der Waals surface area contributed by atoms with Gasteiger partial charge in [0.05, 0.1) is 12.1 Å². The van der Waals surface area contributed by atoms with Crippen molar-refractivity contribution in [1.82, 2.24) is 19.5 Å². The highest BCUT2D eigenvalue weighted by molar-refractivity contribution is 5.81. The molecular weight excluding hydrogens is 311 g/mol. The van der Waals surface area contributed by atoms with Crippen LogP contribution in [0.15, 0.2) is 29.1 Å². The zero-order valence-electron chi connectivity index (χ0n) is 12.0. The standard InChI is InChI=1S/C14H12F3N5O/c1-7-19-11(18)10-12(20-7)22(13(23)21-10)6-8-3-2-4-9(5-8)14(15,16)17/h2-5H,6H2,1H3,(H,21,23)(H2,18,19,20). The summed E-state index contributed by atoms with van der Waals surface area (Å²) in [6.07, 6.45) is -4.44. The number of rotatable bonds is 2. The highest BCUT2D eigenvalue weighted by Gasteiger charge is 2.30. The number of nitrogens with one attached hydrogen (secondary N) is 1. The topological polar surface area (TPSA) is 89.6 Å². The van der Waals surface area contributed by atoms with Crippen LogP contribution in [0, 0.1) is 6.92 Å². The van der Waals surface area contributed by atoms with Crippen LogP contribution in [0.4, 0.5) is 19.0 Å². The third-order valence-electron chi connectivity index (χ3n) is 3.36. The first kappa shape index (κ1) is 15.1. The Bertz CT molecular complexity index is 942. The maximum absolute atomic E-state index is 12.8. The molecule has 1 aromatic carbocycles. The van der Waals surface area contributed by atoms with Crippen molar-refractivity contribution in [3.63, 3.8) is 0 Å². The lowest BCUT2D eigenvalue weighted by Crippen LogP contribution is -2.18. The van der Waals surface area contributed by atoms with Gasteiger partial charge in [0.15, 0.2) is 11.5 Å². The van der Waals surface area contributed by atoms with Gasteiger partial charge in [-0.2, -0.15) is 13.2 Å². The molecular formula is C14H12F3N5O. The lowest BCUT2D eigenvalue weighted by atomic mass is 10.1. The number of aromatic amines is 1. The van der Waals surface area contributed by atoms with E-state index in [4.69, 9.17) is 5.73 Å². The number of imidazole rings is 1. The monoisotopic (exact) mass is 323 g/mol. The third kappa shape index (κ3) is 2.77. The van der Waals surface area contributed by atoms with Crippen LogP contribution in [0.3, 0.4) is 0 Å². The summed E-state index contributed by atoms with van der Waals surface area (Å²) in [4.78, 5) is 22.7. The summed E-state index contributed by atoms with van der Waals surface area (Å²) >= 11 is 0. The second kappa shape index (κ2) is 5.11. The number of nitrogens with two attached hydrogens (primary N) is 1. The van der Waals surface area contributed by atoms with Gasteiger partial charge < -0.3 is 10.7 Å². The van der Waals surface area contributed by atoms with Crippen molar-refractivity contribution in [1.29, 1.82) is 0 Å². The average molecular weight is 323 g/mol. The van der Waals surface area contributed by atoms with Gasteiger partial charge in [-0.3, -0.25) is 4.57 Å². The Hall–Kier alpha value is -2.84. The molecule has 0 aliphatic heterocycles. The van der Waals surface area contributed by atoms with E-state index in [0.29, 0.717) is 11.4 Å². The number of fused-ring (bicyclic) bond motifs is 1. The number of hydrogen-bond donors (Lipinski definition) is 2. The highest BCUT2D eigenvalue weighted by Crippen LogP contribution is 2.29. The van der Waals surface area contributed by atoms with E-state index in [-0.39, 0.29) is 23.5 Å². The molecule has 9 heteroatoms. The van der Waals surface area contributed by atoms with Crippen LogP contribution < -0.4 is 11.4 Å². The molecule has 0 amide bonds. The summed E-state index contributed by atoms with van der Waals surface area (Å²) in [5.74, 6) is 0.485. The van der Waals surface area contributed by atoms with Gasteiger partial charge in [-0.05, 0) is 24.6 Å². The number of nitrogens with zero attached hydrogens (tertiary/aromatic N) is 3. The first-order valence-corrected chi connectivity index (χ1v) is 6.64. The van der Waals surface area contributed by atoms with Crippen LogP contribution >= 0.6 is 0 Å². The largest absolute Gasteiger partial charge is 0.416 e. The lowest BCUT2D eigenvalue weighted by Gasteiger charge is -2.09. The summed E-state index contributed by atoms with van der Waals surface area (Å²) in [5.41, 5.74) is 5.31. The van der Waals surface area contributed by atoms with Crippen LogP contribution in [0.1, 0.15) is 17.0 Å². The van der Waals surface area contributed by atoms with Crippen LogP contribution in [0.2, 0.25) is 0 Å². The summed E-state index contributed by atoms with van der Waals surface area (Å²) < 4.78 is 39.6. The normalized spacial score (nSPS) is 12.0. The van der Waals surface area contributed by atoms with Gasteiger partial charge in [0.2, 0.25) is 0 Å². The first-order valence-electron chi connectivity index (χ1n) is 6.64. The number of benzene rings is 1. The number of halogens is 3. The Morgan fingerprint density at radius 2 is 2.04 bits per heavy atom. The number of nitrogen functional groups attached to an aromatic ring is 1. The van der Waals surface area contributed by atoms with Crippen LogP contribution in [0.25, 0.3) is 11.2 Å². The molecule has 0 unspecified atom stereocenters. The maximum Gasteiger partial charge on any atom is 0.416 e. The zero-order valence-corrected chi connectivity index (χ0v) is 12.0. The van der Waals surface area contributed by atoms with Gasteiger partial charge in [-0.1, -0.05) is 12.1 Å². The van der Waals surface area contributed by atoms with E-state index in [2.05, 4.69) is 15.0 Å². The van der Waals surface area contributed by atoms with E-state index < -0.39 is 17.4 Å². The molecule has 120 valence electrons. The van der Waals surface area contributed by atoms with Crippen molar-refractivity contribution >= 4 is 17.0 Å². The third-order valence-corrected chi connectivity index (χ3v) is 3.36. The molecule has 23 heavy (non-hydrogen) atoms. The smallest absolute Gasteiger partial charge is 0.382 e. The van der Waals surface area contributed by atoms with Crippen molar-refractivity contribution in [3.8, 4) is 0 Å². The molecule has 0 aliphatic rings. The summed E-state index contributed by atoms with van der Waals surface area (Å²) in [7, 11) is 0. The van der Waals surface area contributed by atoms with E-state index in [1.807, 2.05) is 0 Å². The van der Waals surface area contributed by atoms with Crippen molar-refractivity contribution in [2.45, 2.75) is 19.6 Å². The molecule has 6 nitrogen and oxygen atoms in total.